The molecule has 0 aliphatic heterocycles. The van der Waals surface area contributed by atoms with Crippen LogP contribution in [0, 0.1) is 5.92 Å². The highest BCUT2D eigenvalue weighted by Gasteiger charge is 2.14. The van der Waals surface area contributed by atoms with Crippen LogP contribution in [0.15, 0.2) is 36.4 Å². The van der Waals surface area contributed by atoms with E-state index in [2.05, 4.69) is 16.9 Å². The van der Waals surface area contributed by atoms with Crippen LogP contribution in [0.2, 0.25) is 5.02 Å². The lowest BCUT2D eigenvalue weighted by molar-refractivity contribution is -0.122. The van der Waals surface area contributed by atoms with E-state index in [0.29, 0.717) is 17.0 Å². The summed E-state index contributed by atoms with van der Waals surface area (Å²) in [7, 11) is 0. The molecular weight excluding hydrogens is 264 g/mol. The highest BCUT2D eigenvalue weighted by Crippen LogP contribution is 2.19. The quantitative estimate of drug-likeness (QED) is 0.659. The first kappa shape index (κ1) is 13.6. The SMILES string of the molecule is O=C(C[C@H]1C=CCC1)NNC(=O)c1ccc(Cl)cc1. The third-order valence-electron chi connectivity index (χ3n) is 2.98. The molecule has 2 rings (SSSR count). The number of rotatable bonds is 3. The summed E-state index contributed by atoms with van der Waals surface area (Å²) in [4.78, 5) is 23.3. The summed E-state index contributed by atoms with van der Waals surface area (Å²) < 4.78 is 0. The van der Waals surface area contributed by atoms with Crippen LogP contribution in [-0.4, -0.2) is 11.8 Å². The van der Waals surface area contributed by atoms with Gasteiger partial charge >= 0.3 is 0 Å². The summed E-state index contributed by atoms with van der Waals surface area (Å²) in [6.45, 7) is 0. The molecule has 4 nitrogen and oxygen atoms in total. The van der Waals surface area contributed by atoms with Crippen molar-refractivity contribution in [2.45, 2.75) is 19.3 Å². The Balaban J connectivity index is 1.78. The monoisotopic (exact) mass is 278 g/mol. The lowest BCUT2D eigenvalue weighted by atomic mass is 10.1. The molecule has 0 radical (unpaired) electrons. The molecule has 0 bridgehead atoms. The zero-order chi connectivity index (χ0) is 13.7. The Morgan fingerprint density at radius 2 is 1.95 bits per heavy atom. The number of hydrogen-bond donors (Lipinski definition) is 2. The summed E-state index contributed by atoms with van der Waals surface area (Å²) in [5, 5.41) is 0.564. The molecular formula is C14H15ClN2O2. The number of benzene rings is 1. The van der Waals surface area contributed by atoms with Crippen molar-refractivity contribution < 1.29 is 9.59 Å². The van der Waals surface area contributed by atoms with Crippen LogP contribution in [0.3, 0.4) is 0 Å². The van der Waals surface area contributed by atoms with Crippen molar-refractivity contribution >= 4 is 23.4 Å². The Kier molecular flexibility index (Phi) is 4.58. The molecule has 0 saturated heterocycles. The molecule has 2 amide bonds. The minimum absolute atomic E-state index is 0.182. The van der Waals surface area contributed by atoms with Crippen LogP contribution >= 0.6 is 11.6 Å². The van der Waals surface area contributed by atoms with Gasteiger partial charge in [0.05, 0.1) is 0 Å². The van der Waals surface area contributed by atoms with Gasteiger partial charge < -0.3 is 0 Å². The van der Waals surface area contributed by atoms with Gasteiger partial charge in [0.25, 0.3) is 5.91 Å². The summed E-state index contributed by atoms with van der Waals surface area (Å²) >= 11 is 5.73. The fraction of sp³-hybridized carbons (Fsp3) is 0.286. The van der Waals surface area contributed by atoms with E-state index >= 15 is 0 Å². The van der Waals surface area contributed by atoms with Crippen LogP contribution in [0.4, 0.5) is 0 Å². The lowest BCUT2D eigenvalue weighted by Crippen LogP contribution is -2.42. The van der Waals surface area contributed by atoms with Crippen molar-refractivity contribution in [3.8, 4) is 0 Å². The van der Waals surface area contributed by atoms with Crippen LogP contribution in [0.1, 0.15) is 29.6 Å². The molecule has 5 heteroatoms. The Labute approximate surface area is 116 Å². The van der Waals surface area contributed by atoms with E-state index in [1.807, 2.05) is 6.08 Å². The number of amides is 2. The molecule has 1 aliphatic rings. The van der Waals surface area contributed by atoms with E-state index in [1.165, 1.54) is 0 Å². The fourth-order valence-corrected chi connectivity index (χ4v) is 2.08. The van der Waals surface area contributed by atoms with Crippen molar-refractivity contribution in [3.05, 3.63) is 47.0 Å². The number of hydrogen-bond acceptors (Lipinski definition) is 2. The van der Waals surface area contributed by atoms with Crippen molar-refractivity contribution in [2.24, 2.45) is 5.92 Å². The largest absolute Gasteiger partial charge is 0.273 e. The number of halogens is 1. The number of carbonyl (C=O) groups is 2. The zero-order valence-electron chi connectivity index (χ0n) is 10.4. The van der Waals surface area contributed by atoms with Gasteiger partial charge in [0.15, 0.2) is 0 Å². The Hall–Kier alpha value is -1.81. The second kappa shape index (κ2) is 6.38. The van der Waals surface area contributed by atoms with Crippen molar-refractivity contribution in [1.29, 1.82) is 0 Å². The van der Waals surface area contributed by atoms with Gasteiger partial charge in [0.1, 0.15) is 0 Å². The summed E-state index contributed by atoms with van der Waals surface area (Å²) in [6.07, 6.45) is 6.54. The van der Waals surface area contributed by atoms with Gasteiger partial charge in [0, 0.05) is 17.0 Å². The zero-order valence-corrected chi connectivity index (χ0v) is 11.1. The van der Waals surface area contributed by atoms with Crippen molar-refractivity contribution in [1.82, 2.24) is 10.9 Å². The Morgan fingerprint density at radius 3 is 2.58 bits per heavy atom. The molecule has 0 saturated carbocycles. The van der Waals surface area contributed by atoms with Crippen LogP contribution in [-0.2, 0) is 4.79 Å². The molecule has 0 aromatic heterocycles. The van der Waals surface area contributed by atoms with Crippen molar-refractivity contribution in [3.63, 3.8) is 0 Å². The highest BCUT2D eigenvalue weighted by atomic mass is 35.5. The van der Waals surface area contributed by atoms with Gasteiger partial charge in [-0.15, -0.1) is 0 Å². The third kappa shape index (κ3) is 4.10. The van der Waals surface area contributed by atoms with E-state index in [1.54, 1.807) is 24.3 Å². The molecule has 2 N–H and O–H groups in total. The summed E-state index contributed by atoms with van der Waals surface area (Å²) in [6, 6.07) is 6.45. The van der Waals surface area contributed by atoms with Gasteiger partial charge in [-0.2, -0.15) is 0 Å². The average Bonchev–Trinajstić information content (AvgIpc) is 2.89. The van der Waals surface area contributed by atoms with E-state index in [9.17, 15) is 9.59 Å². The smallest absolute Gasteiger partial charge is 0.269 e. The van der Waals surface area contributed by atoms with E-state index in [4.69, 9.17) is 11.6 Å². The normalized spacial score (nSPS) is 17.2. The highest BCUT2D eigenvalue weighted by molar-refractivity contribution is 6.30. The van der Waals surface area contributed by atoms with Gasteiger partial charge in [-0.1, -0.05) is 23.8 Å². The number of allylic oxidation sites excluding steroid dienone is 2. The van der Waals surface area contributed by atoms with Crippen LogP contribution < -0.4 is 10.9 Å². The minimum Gasteiger partial charge on any atom is -0.273 e. The maximum atomic E-state index is 11.7. The number of hydrazine groups is 1. The molecule has 19 heavy (non-hydrogen) atoms. The van der Waals surface area contributed by atoms with E-state index < -0.39 is 0 Å². The van der Waals surface area contributed by atoms with Crippen molar-refractivity contribution in [2.75, 3.05) is 0 Å². The standard InChI is InChI=1S/C14H15ClN2O2/c15-12-7-5-11(6-8-12)14(19)17-16-13(18)9-10-3-1-2-4-10/h1,3,5-8,10H,2,4,9H2,(H,16,18)(H,17,19)/t10-/m0/s1. The van der Waals surface area contributed by atoms with Gasteiger partial charge in [-0.3, -0.25) is 20.4 Å². The molecule has 1 aliphatic carbocycles. The van der Waals surface area contributed by atoms with Gasteiger partial charge in [0.2, 0.25) is 5.91 Å². The molecule has 1 atom stereocenters. The molecule has 0 heterocycles. The van der Waals surface area contributed by atoms with Crippen LogP contribution in [0.25, 0.3) is 0 Å². The molecule has 0 spiro atoms. The Bertz CT molecular complexity index is 497. The summed E-state index contributed by atoms with van der Waals surface area (Å²) in [5.41, 5.74) is 5.25. The number of carbonyl (C=O) groups excluding carboxylic acids is 2. The topological polar surface area (TPSA) is 58.2 Å². The summed E-state index contributed by atoms with van der Waals surface area (Å²) in [5.74, 6) is -0.252. The first-order valence-corrected chi connectivity index (χ1v) is 6.54. The molecule has 100 valence electrons. The first-order chi connectivity index (χ1) is 9.15. The predicted molar refractivity (Wildman–Crippen MR) is 73.5 cm³/mol. The molecule has 1 aromatic carbocycles. The minimum atomic E-state index is -0.355. The average molecular weight is 279 g/mol. The molecule has 0 unspecified atom stereocenters. The molecule has 1 aromatic rings. The lowest BCUT2D eigenvalue weighted by Gasteiger charge is -2.10. The van der Waals surface area contributed by atoms with Gasteiger partial charge in [-0.25, -0.2) is 0 Å². The third-order valence-corrected chi connectivity index (χ3v) is 3.23. The fourth-order valence-electron chi connectivity index (χ4n) is 1.95. The van der Waals surface area contributed by atoms with E-state index in [0.717, 1.165) is 12.8 Å². The second-order valence-corrected chi connectivity index (χ2v) is 4.92. The maximum absolute atomic E-state index is 11.7. The van der Waals surface area contributed by atoms with Crippen LogP contribution in [0.5, 0.6) is 0 Å². The second-order valence-electron chi connectivity index (χ2n) is 4.48. The first-order valence-electron chi connectivity index (χ1n) is 6.16. The predicted octanol–water partition coefficient (Wildman–Crippen LogP) is 2.46. The maximum Gasteiger partial charge on any atom is 0.269 e. The number of nitrogens with one attached hydrogen (secondary N) is 2. The van der Waals surface area contributed by atoms with E-state index in [-0.39, 0.29) is 17.7 Å². The molecule has 0 fully saturated rings. The Morgan fingerprint density at radius 1 is 1.21 bits per heavy atom. The van der Waals surface area contributed by atoms with Gasteiger partial charge in [-0.05, 0) is 43.0 Å².